The van der Waals surface area contributed by atoms with E-state index in [2.05, 4.69) is 11.6 Å². The van der Waals surface area contributed by atoms with Gasteiger partial charge in [0.05, 0.1) is 6.10 Å². The molecule has 2 nitrogen and oxygen atoms in total. The first-order chi connectivity index (χ1) is 5.61. The molecule has 0 aromatic carbocycles. The smallest absolute Gasteiger partial charge is 0.0777 e. The number of allylic oxidation sites excluding steroid dienone is 1. The van der Waals surface area contributed by atoms with E-state index in [1.165, 1.54) is 0 Å². The van der Waals surface area contributed by atoms with Crippen LogP contribution in [-0.2, 0) is 0 Å². The second kappa shape index (κ2) is 3.50. The minimum absolute atomic E-state index is 0.461. The fourth-order valence-electron chi connectivity index (χ4n) is 0.920. The maximum absolute atomic E-state index is 9.26. The predicted octanol–water partition coefficient (Wildman–Crippen LogP) is 2.17. The maximum Gasteiger partial charge on any atom is 0.0777 e. The summed E-state index contributed by atoms with van der Waals surface area (Å²) in [6, 6.07) is 1.90. The van der Waals surface area contributed by atoms with Crippen molar-refractivity contribution in [3.8, 4) is 0 Å². The molecular formula is C10H13NO. The van der Waals surface area contributed by atoms with Crippen molar-refractivity contribution in [3.63, 3.8) is 0 Å². The zero-order chi connectivity index (χ0) is 9.14. The third-order valence-corrected chi connectivity index (χ3v) is 1.73. The van der Waals surface area contributed by atoms with Crippen LogP contribution in [0.2, 0.25) is 0 Å². The Kier molecular flexibility index (Phi) is 2.61. The van der Waals surface area contributed by atoms with Gasteiger partial charge in [-0.1, -0.05) is 6.58 Å². The molecule has 1 rings (SSSR count). The largest absolute Gasteiger partial charge is 0.389 e. The summed E-state index contributed by atoms with van der Waals surface area (Å²) in [5.74, 6) is 0. The van der Waals surface area contributed by atoms with Gasteiger partial charge in [0.25, 0.3) is 0 Å². The van der Waals surface area contributed by atoms with Crippen molar-refractivity contribution in [2.75, 3.05) is 0 Å². The Morgan fingerprint density at radius 1 is 1.58 bits per heavy atom. The fourth-order valence-corrected chi connectivity index (χ4v) is 0.920. The summed E-state index contributed by atoms with van der Waals surface area (Å²) < 4.78 is 0. The first-order valence-electron chi connectivity index (χ1n) is 3.90. The Morgan fingerprint density at radius 2 is 2.25 bits per heavy atom. The van der Waals surface area contributed by atoms with E-state index in [-0.39, 0.29) is 0 Å². The van der Waals surface area contributed by atoms with Gasteiger partial charge in [0.2, 0.25) is 0 Å². The summed E-state index contributed by atoms with van der Waals surface area (Å²) in [6.07, 6.45) is 2.95. The average molecular weight is 163 g/mol. The molecule has 1 atom stereocenters. The first-order valence-corrected chi connectivity index (χ1v) is 3.90. The molecule has 0 aliphatic carbocycles. The zero-order valence-corrected chi connectivity index (χ0v) is 7.41. The highest BCUT2D eigenvalue weighted by atomic mass is 16.3. The van der Waals surface area contributed by atoms with Crippen molar-refractivity contribution in [3.05, 3.63) is 36.2 Å². The molecule has 1 unspecified atom stereocenters. The van der Waals surface area contributed by atoms with Gasteiger partial charge in [0, 0.05) is 12.4 Å². The lowest BCUT2D eigenvalue weighted by atomic mass is 10.1. The number of pyridine rings is 1. The second-order valence-electron chi connectivity index (χ2n) is 2.96. The molecule has 64 valence electrons. The third-order valence-electron chi connectivity index (χ3n) is 1.73. The standard InChI is InChI=1S/C10H13NO/c1-7(2)9-4-10(8(3)12)6-11-5-9/h4-6,8,12H,1H2,2-3H3. The van der Waals surface area contributed by atoms with E-state index in [0.717, 1.165) is 16.7 Å². The van der Waals surface area contributed by atoms with Crippen LogP contribution in [0.15, 0.2) is 25.0 Å². The van der Waals surface area contributed by atoms with E-state index in [1.807, 2.05) is 13.0 Å². The highest BCUT2D eigenvalue weighted by molar-refractivity contribution is 5.60. The lowest BCUT2D eigenvalue weighted by molar-refractivity contribution is 0.199. The number of aromatic nitrogens is 1. The zero-order valence-electron chi connectivity index (χ0n) is 7.41. The van der Waals surface area contributed by atoms with Crippen LogP contribution in [0.4, 0.5) is 0 Å². The van der Waals surface area contributed by atoms with Crippen molar-refractivity contribution in [2.24, 2.45) is 0 Å². The highest BCUT2D eigenvalue weighted by Gasteiger charge is 2.01. The number of hydrogen-bond acceptors (Lipinski definition) is 2. The number of aliphatic hydroxyl groups is 1. The molecule has 0 bridgehead atoms. The predicted molar refractivity (Wildman–Crippen MR) is 49.6 cm³/mol. The first kappa shape index (κ1) is 8.94. The van der Waals surface area contributed by atoms with Gasteiger partial charge in [-0.3, -0.25) is 4.98 Å². The molecule has 0 saturated carbocycles. The van der Waals surface area contributed by atoms with E-state index in [4.69, 9.17) is 0 Å². The van der Waals surface area contributed by atoms with Crippen molar-refractivity contribution in [2.45, 2.75) is 20.0 Å². The van der Waals surface area contributed by atoms with E-state index < -0.39 is 6.10 Å². The molecule has 1 aromatic heterocycles. The van der Waals surface area contributed by atoms with Crippen molar-refractivity contribution >= 4 is 5.57 Å². The molecule has 0 aliphatic rings. The number of hydrogen-bond donors (Lipinski definition) is 1. The number of nitrogens with zero attached hydrogens (tertiary/aromatic N) is 1. The van der Waals surface area contributed by atoms with Crippen LogP contribution in [0.3, 0.4) is 0 Å². The second-order valence-corrected chi connectivity index (χ2v) is 2.96. The van der Waals surface area contributed by atoms with Crippen LogP contribution < -0.4 is 0 Å². The van der Waals surface area contributed by atoms with Gasteiger partial charge in [-0.2, -0.15) is 0 Å². The lowest BCUT2D eigenvalue weighted by Gasteiger charge is -2.05. The quantitative estimate of drug-likeness (QED) is 0.724. The fraction of sp³-hybridized carbons (Fsp3) is 0.300. The highest BCUT2D eigenvalue weighted by Crippen LogP contribution is 2.16. The summed E-state index contributed by atoms with van der Waals surface area (Å²) in [6.45, 7) is 7.45. The van der Waals surface area contributed by atoms with Gasteiger partial charge < -0.3 is 5.11 Å². The molecule has 0 fully saturated rings. The van der Waals surface area contributed by atoms with Gasteiger partial charge in [0.1, 0.15) is 0 Å². The van der Waals surface area contributed by atoms with Crippen LogP contribution in [0.25, 0.3) is 5.57 Å². The minimum atomic E-state index is -0.461. The number of rotatable bonds is 2. The molecule has 12 heavy (non-hydrogen) atoms. The minimum Gasteiger partial charge on any atom is -0.389 e. The molecule has 0 spiro atoms. The van der Waals surface area contributed by atoms with E-state index in [1.54, 1.807) is 19.3 Å². The van der Waals surface area contributed by atoms with Gasteiger partial charge in [-0.15, -0.1) is 0 Å². The summed E-state index contributed by atoms with van der Waals surface area (Å²) in [4.78, 5) is 4.01. The van der Waals surface area contributed by atoms with Crippen molar-refractivity contribution in [1.82, 2.24) is 4.98 Å². The van der Waals surface area contributed by atoms with Gasteiger partial charge >= 0.3 is 0 Å². The summed E-state index contributed by atoms with van der Waals surface area (Å²) in [5.41, 5.74) is 2.77. The third kappa shape index (κ3) is 1.92. The molecule has 2 heteroatoms. The maximum atomic E-state index is 9.26. The van der Waals surface area contributed by atoms with Crippen LogP contribution >= 0.6 is 0 Å². The Bertz CT molecular complexity index is 292. The van der Waals surface area contributed by atoms with Gasteiger partial charge in [-0.05, 0) is 36.6 Å². The summed E-state index contributed by atoms with van der Waals surface area (Å²) >= 11 is 0. The summed E-state index contributed by atoms with van der Waals surface area (Å²) in [5, 5.41) is 9.26. The molecule has 0 aliphatic heterocycles. The molecule has 0 radical (unpaired) electrons. The van der Waals surface area contributed by atoms with Crippen LogP contribution in [-0.4, -0.2) is 10.1 Å². The molecule has 0 saturated heterocycles. The molecule has 1 aromatic rings. The summed E-state index contributed by atoms with van der Waals surface area (Å²) in [7, 11) is 0. The van der Waals surface area contributed by atoms with Crippen molar-refractivity contribution in [1.29, 1.82) is 0 Å². The Morgan fingerprint density at radius 3 is 2.75 bits per heavy atom. The molecule has 1 heterocycles. The van der Waals surface area contributed by atoms with Gasteiger partial charge in [0.15, 0.2) is 0 Å². The van der Waals surface area contributed by atoms with E-state index in [0.29, 0.717) is 0 Å². The SMILES string of the molecule is C=C(C)c1cncc(C(C)O)c1. The Hall–Kier alpha value is -1.15. The van der Waals surface area contributed by atoms with Crippen molar-refractivity contribution < 1.29 is 5.11 Å². The van der Waals surface area contributed by atoms with Crippen LogP contribution in [0.1, 0.15) is 31.1 Å². The lowest BCUT2D eigenvalue weighted by Crippen LogP contribution is -1.93. The molecule has 0 amide bonds. The van der Waals surface area contributed by atoms with Crippen LogP contribution in [0, 0.1) is 0 Å². The Labute approximate surface area is 72.6 Å². The molecule has 1 N–H and O–H groups in total. The van der Waals surface area contributed by atoms with E-state index in [9.17, 15) is 5.11 Å². The molecular weight excluding hydrogens is 150 g/mol. The average Bonchev–Trinajstić information content (AvgIpc) is 2.04. The van der Waals surface area contributed by atoms with Crippen LogP contribution in [0.5, 0.6) is 0 Å². The van der Waals surface area contributed by atoms with Gasteiger partial charge in [-0.25, -0.2) is 0 Å². The van der Waals surface area contributed by atoms with E-state index >= 15 is 0 Å². The normalized spacial score (nSPS) is 12.6. The number of aliphatic hydroxyl groups excluding tert-OH is 1. The topological polar surface area (TPSA) is 33.1 Å². The Balaban J connectivity index is 3.04. The monoisotopic (exact) mass is 163 g/mol.